The molecule has 0 aliphatic carbocycles. The molecule has 0 radical (unpaired) electrons. The Hall–Kier alpha value is -0.870. The predicted molar refractivity (Wildman–Crippen MR) is 77.5 cm³/mol. The molecule has 1 aromatic rings. The summed E-state index contributed by atoms with van der Waals surface area (Å²) in [6.07, 6.45) is 2.51. The van der Waals surface area contributed by atoms with E-state index >= 15 is 0 Å². The number of ether oxygens (including phenoxy) is 1. The Labute approximate surface area is 113 Å². The fourth-order valence-corrected chi connectivity index (χ4v) is 3.25. The molecule has 0 saturated carbocycles. The van der Waals surface area contributed by atoms with E-state index in [1.807, 2.05) is 36.9 Å². The van der Waals surface area contributed by atoms with E-state index in [0.29, 0.717) is 12.6 Å². The normalized spacial score (nSPS) is 19.6. The van der Waals surface area contributed by atoms with Crippen molar-refractivity contribution >= 4 is 17.4 Å². The highest BCUT2D eigenvalue weighted by Crippen LogP contribution is 2.26. The van der Waals surface area contributed by atoms with Gasteiger partial charge in [-0.15, -0.1) is 0 Å². The molecule has 0 bridgehead atoms. The van der Waals surface area contributed by atoms with Gasteiger partial charge in [0.2, 0.25) is 0 Å². The first-order valence-corrected chi connectivity index (χ1v) is 7.69. The van der Waals surface area contributed by atoms with Crippen LogP contribution in [0.25, 0.3) is 0 Å². The lowest BCUT2D eigenvalue weighted by Gasteiger charge is -2.24. The number of nitrogens with one attached hydrogen (secondary N) is 1. The summed E-state index contributed by atoms with van der Waals surface area (Å²) in [7, 11) is 0. The number of hydrogen-bond donors (Lipinski definition) is 2. The second-order valence-electron chi connectivity index (χ2n) is 4.47. The van der Waals surface area contributed by atoms with E-state index in [2.05, 4.69) is 5.32 Å². The van der Waals surface area contributed by atoms with Gasteiger partial charge in [0, 0.05) is 23.0 Å². The molecule has 1 saturated heterocycles. The smallest absolute Gasteiger partial charge is 0.124 e. The zero-order valence-electron chi connectivity index (χ0n) is 10.8. The van der Waals surface area contributed by atoms with Gasteiger partial charge in [-0.1, -0.05) is 0 Å². The van der Waals surface area contributed by atoms with Crippen molar-refractivity contribution in [2.75, 3.05) is 23.4 Å². The lowest BCUT2D eigenvalue weighted by atomic mass is 10.1. The SMILES string of the molecule is CCOc1ccc(NC2CCCSC2)cc1CO. The van der Waals surface area contributed by atoms with E-state index in [4.69, 9.17) is 4.74 Å². The molecule has 2 N–H and O–H groups in total. The molecule has 4 heteroatoms. The summed E-state index contributed by atoms with van der Waals surface area (Å²) in [6.45, 7) is 2.59. The zero-order valence-corrected chi connectivity index (χ0v) is 11.6. The molecule has 1 aromatic carbocycles. The summed E-state index contributed by atoms with van der Waals surface area (Å²) < 4.78 is 5.48. The number of rotatable bonds is 5. The van der Waals surface area contributed by atoms with Crippen LogP contribution in [0.2, 0.25) is 0 Å². The maximum Gasteiger partial charge on any atom is 0.124 e. The van der Waals surface area contributed by atoms with Crippen LogP contribution in [0.4, 0.5) is 5.69 Å². The fraction of sp³-hybridized carbons (Fsp3) is 0.571. The Morgan fingerprint density at radius 3 is 3.06 bits per heavy atom. The largest absolute Gasteiger partial charge is 0.494 e. The molecule has 1 atom stereocenters. The van der Waals surface area contributed by atoms with E-state index in [-0.39, 0.29) is 6.61 Å². The topological polar surface area (TPSA) is 41.5 Å². The Morgan fingerprint density at radius 2 is 2.39 bits per heavy atom. The maximum absolute atomic E-state index is 9.36. The zero-order chi connectivity index (χ0) is 12.8. The van der Waals surface area contributed by atoms with Gasteiger partial charge in [-0.2, -0.15) is 11.8 Å². The van der Waals surface area contributed by atoms with Crippen LogP contribution in [-0.2, 0) is 6.61 Å². The summed E-state index contributed by atoms with van der Waals surface area (Å²) in [5, 5.41) is 12.9. The number of aliphatic hydroxyl groups excluding tert-OH is 1. The van der Waals surface area contributed by atoms with E-state index in [1.54, 1.807) is 0 Å². The molecular formula is C14H21NO2S. The van der Waals surface area contributed by atoms with Gasteiger partial charge < -0.3 is 15.2 Å². The number of aliphatic hydroxyl groups is 1. The van der Waals surface area contributed by atoms with Gasteiger partial charge >= 0.3 is 0 Å². The van der Waals surface area contributed by atoms with Crippen molar-refractivity contribution in [2.45, 2.75) is 32.4 Å². The first-order valence-electron chi connectivity index (χ1n) is 6.54. The molecule has 18 heavy (non-hydrogen) atoms. The Balaban J connectivity index is 2.04. The summed E-state index contributed by atoms with van der Waals surface area (Å²) in [6, 6.07) is 6.51. The summed E-state index contributed by atoms with van der Waals surface area (Å²) in [4.78, 5) is 0. The van der Waals surface area contributed by atoms with E-state index in [0.717, 1.165) is 17.0 Å². The van der Waals surface area contributed by atoms with Gasteiger partial charge in [-0.05, 0) is 43.7 Å². The molecule has 0 amide bonds. The minimum Gasteiger partial charge on any atom is -0.494 e. The standard InChI is InChI=1S/C14H21NO2S/c1-2-17-14-6-5-12(8-11(14)9-16)15-13-4-3-7-18-10-13/h5-6,8,13,15-16H,2-4,7,9-10H2,1H3. The lowest BCUT2D eigenvalue weighted by Crippen LogP contribution is -2.25. The molecular weight excluding hydrogens is 246 g/mol. The van der Waals surface area contributed by atoms with Gasteiger partial charge in [-0.25, -0.2) is 0 Å². The molecule has 100 valence electrons. The van der Waals surface area contributed by atoms with E-state index in [1.165, 1.54) is 24.3 Å². The van der Waals surface area contributed by atoms with E-state index in [9.17, 15) is 5.11 Å². The highest BCUT2D eigenvalue weighted by atomic mass is 32.2. The molecule has 1 fully saturated rings. The number of hydrogen-bond acceptors (Lipinski definition) is 4. The summed E-state index contributed by atoms with van der Waals surface area (Å²) in [5.41, 5.74) is 1.93. The van der Waals surface area contributed by atoms with Gasteiger partial charge in [0.15, 0.2) is 0 Å². The van der Waals surface area contributed by atoms with Crippen molar-refractivity contribution in [3.8, 4) is 5.75 Å². The maximum atomic E-state index is 9.36. The molecule has 3 nitrogen and oxygen atoms in total. The Bertz CT molecular complexity index is 378. The van der Waals surface area contributed by atoms with Gasteiger partial charge in [0.05, 0.1) is 13.2 Å². The molecule has 1 aliphatic heterocycles. The predicted octanol–water partition coefficient (Wildman–Crippen LogP) is 2.89. The molecule has 0 spiro atoms. The van der Waals surface area contributed by atoms with Gasteiger partial charge in [0.1, 0.15) is 5.75 Å². The van der Waals surface area contributed by atoms with Gasteiger partial charge in [0.25, 0.3) is 0 Å². The number of benzene rings is 1. The van der Waals surface area contributed by atoms with Crippen LogP contribution in [0, 0.1) is 0 Å². The minimum atomic E-state index is 0.0181. The van der Waals surface area contributed by atoms with Crippen molar-refractivity contribution in [1.82, 2.24) is 0 Å². The van der Waals surface area contributed by atoms with Crippen molar-refractivity contribution in [3.63, 3.8) is 0 Å². The monoisotopic (exact) mass is 267 g/mol. The van der Waals surface area contributed by atoms with Crippen LogP contribution in [0.15, 0.2) is 18.2 Å². The van der Waals surface area contributed by atoms with Crippen molar-refractivity contribution < 1.29 is 9.84 Å². The fourth-order valence-electron chi connectivity index (χ4n) is 2.18. The molecule has 1 aliphatic rings. The highest BCUT2D eigenvalue weighted by Gasteiger charge is 2.14. The van der Waals surface area contributed by atoms with Crippen LogP contribution < -0.4 is 10.1 Å². The number of thioether (sulfide) groups is 1. The average molecular weight is 267 g/mol. The first-order chi connectivity index (χ1) is 8.83. The van der Waals surface area contributed by atoms with Crippen LogP contribution in [-0.4, -0.2) is 29.3 Å². The van der Waals surface area contributed by atoms with Crippen LogP contribution in [0.5, 0.6) is 5.75 Å². The first kappa shape index (κ1) is 13.6. The van der Waals surface area contributed by atoms with Crippen molar-refractivity contribution in [3.05, 3.63) is 23.8 Å². The van der Waals surface area contributed by atoms with E-state index < -0.39 is 0 Å². The third kappa shape index (κ3) is 3.56. The third-order valence-corrected chi connectivity index (χ3v) is 4.28. The molecule has 1 heterocycles. The van der Waals surface area contributed by atoms with Crippen molar-refractivity contribution in [1.29, 1.82) is 0 Å². The average Bonchev–Trinajstić information content (AvgIpc) is 2.42. The van der Waals surface area contributed by atoms with Gasteiger partial charge in [-0.3, -0.25) is 0 Å². The second-order valence-corrected chi connectivity index (χ2v) is 5.62. The Morgan fingerprint density at radius 1 is 1.50 bits per heavy atom. The molecule has 1 unspecified atom stereocenters. The third-order valence-electron chi connectivity index (χ3n) is 3.06. The molecule has 0 aromatic heterocycles. The van der Waals surface area contributed by atoms with Crippen molar-refractivity contribution in [2.24, 2.45) is 0 Å². The summed E-state index contributed by atoms with van der Waals surface area (Å²) in [5.74, 6) is 3.23. The quantitative estimate of drug-likeness (QED) is 0.861. The van der Waals surface area contributed by atoms with Crippen LogP contribution in [0.1, 0.15) is 25.3 Å². The minimum absolute atomic E-state index is 0.0181. The highest BCUT2D eigenvalue weighted by molar-refractivity contribution is 7.99. The second kappa shape index (κ2) is 6.90. The molecule has 2 rings (SSSR count). The van der Waals surface area contributed by atoms with Crippen LogP contribution >= 0.6 is 11.8 Å². The summed E-state index contributed by atoms with van der Waals surface area (Å²) >= 11 is 2.01. The lowest BCUT2D eigenvalue weighted by molar-refractivity contribution is 0.267. The Kier molecular flexibility index (Phi) is 5.20. The number of anilines is 1. The van der Waals surface area contributed by atoms with Crippen LogP contribution in [0.3, 0.4) is 0 Å².